The molecule has 2 bridgehead atoms. The Hall–Kier alpha value is -1.69. The summed E-state index contributed by atoms with van der Waals surface area (Å²) >= 11 is 0. The van der Waals surface area contributed by atoms with Crippen LogP contribution in [0.1, 0.15) is 31.2 Å². The fourth-order valence-electron chi connectivity index (χ4n) is 3.14. The number of anilines is 2. The highest BCUT2D eigenvalue weighted by molar-refractivity contribution is 5.64. The SMILES string of the molecule is N#Cc1cc(N2C3CCC2CC3)ccc1N. The maximum absolute atomic E-state index is 8.98. The van der Waals surface area contributed by atoms with Crippen molar-refractivity contribution in [3.63, 3.8) is 0 Å². The second kappa shape index (κ2) is 3.41. The van der Waals surface area contributed by atoms with Crippen LogP contribution in [0, 0.1) is 11.3 Å². The van der Waals surface area contributed by atoms with E-state index in [0.29, 0.717) is 23.3 Å². The van der Waals surface area contributed by atoms with E-state index >= 15 is 0 Å². The summed E-state index contributed by atoms with van der Waals surface area (Å²) in [5.41, 5.74) is 8.10. The summed E-state index contributed by atoms with van der Waals surface area (Å²) in [5.74, 6) is 0. The molecule has 0 radical (unpaired) electrons. The van der Waals surface area contributed by atoms with Crippen molar-refractivity contribution in [2.45, 2.75) is 37.8 Å². The van der Waals surface area contributed by atoms with Gasteiger partial charge in [0.25, 0.3) is 0 Å². The van der Waals surface area contributed by atoms with Gasteiger partial charge in [-0.15, -0.1) is 0 Å². The standard InChI is InChI=1S/C13H15N3/c14-8-9-7-12(5-6-13(9)15)16-10-1-2-11(16)4-3-10/h5-7,10-11H,1-4,15H2. The molecule has 16 heavy (non-hydrogen) atoms. The Morgan fingerprint density at radius 3 is 2.38 bits per heavy atom. The number of hydrogen-bond acceptors (Lipinski definition) is 3. The molecule has 2 aliphatic rings. The summed E-state index contributed by atoms with van der Waals surface area (Å²) in [4.78, 5) is 2.49. The Morgan fingerprint density at radius 1 is 1.19 bits per heavy atom. The van der Waals surface area contributed by atoms with Crippen molar-refractivity contribution in [2.75, 3.05) is 10.6 Å². The predicted octanol–water partition coefficient (Wildman–Crippen LogP) is 2.27. The lowest BCUT2D eigenvalue weighted by atomic mass is 10.0. The third kappa shape index (κ3) is 1.26. The zero-order valence-corrected chi connectivity index (χ0v) is 9.19. The van der Waals surface area contributed by atoms with E-state index in [0.717, 1.165) is 0 Å². The van der Waals surface area contributed by atoms with Gasteiger partial charge in [-0.1, -0.05) is 0 Å². The van der Waals surface area contributed by atoms with Crippen LogP contribution in [-0.4, -0.2) is 12.1 Å². The molecule has 0 aromatic heterocycles. The fraction of sp³-hybridized carbons (Fsp3) is 0.462. The first-order chi connectivity index (χ1) is 7.79. The third-order valence-electron chi connectivity index (χ3n) is 3.91. The van der Waals surface area contributed by atoms with E-state index in [4.69, 9.17) is 11.0 Å². The summed E-state index contributed by atoms with van der Waals surface area (Å²) in [7, 11) is 0. The number of hydrogen-bond donors (Lipinski definition) is 1. The maximum Gasteiger partial charge on any atom is 0.101 e. The first-order valence-corrected chi connectivity index (χ1v) is 5.87. The van der Waals surface area contributed by atoms with Gasteiger partial charge in [0, 0.05) is 23.5 Å². The minimum atomic E-state index is 0.581. The lowest BCUT2D eigenvalue weighted by Crippen LogP contribution is -2.27. The zero-order valence-electron chi connectivity index (χ0n) is 9.19. The van der Waals surface area contributed by atoms with Crippen LogP contribution in [0.5, 0.6) is 0 Å². The van der Waals surface area contributed by atoms with Crippen molar-refractivity contribution in [1.82, 2.24) is 0 Å². The van der Waals surface area contributed by atoms with Crippen LogP contribution < -0.4 is 10.6 Å². The van der Waals surface area contributed by atoms with Crippen molar-refractivity contribution in [3.8, 4) is 6.07 Å². The minimum absolute atomic E-state index is 0.581. The molecule has 0 saturated carbocycles. The highest BCUT2D eigenvalue weighted by atomic mass is 15.2. The van der Waals surface area contributed by atoms with Gasteiger partial charge in [0.05, 0.1) is 5.56 Å². The van der Waals surface area contributed by atoms with Crippen LogP contribution in [-0.2, 0) is 0 Å². The number of benzene rings is 1. The number of nitrogen functional groups attached to an aromatic ring is 1. The van der Waals surface area contributed by atoms with E-state index in [1.165, 1.54) is 31.4 Å². The molecule has 0 unspecified atom stereocenters. The molecule has 0 atom stereocenters. The fourth-order valence-corrected chi connectivity index (χ4v) is 3.14. The van der Waals surface area contributed by atoms with E-state index in [2.05, 4.69) is 11.0 Å². The Bertz CT molecular complexity index is 441. The second-order valence-corrected chi connectivity index (χ2v) is 4.75. The van der Waals surface area contributed by atoms with Crippen molar-refractivity contribution < 1.29 is 0 Å². The van der Waals surface area contributed by atoms with Gasteiger partial charge in [-0.05, 0) is 43.9 Å². The van der Waals surface area contributed by atoms with Crippen LogP contribution in [0.4, 0.5) is 11.4 Å². The molecule has 82 valence electrons. The number of fused-ring (bicyclic) bond motifs is 2. The summed E-state index contributed by atoms with van der Waals surface area (Å²) in [6.07, 6.45) is 5.21. The quantitative estimate of drug-likeness (QED) is 0.728. The molecule has 2 N–H and O–H groups in total. The molecule has 0 aliphatic carbocycles. The first-order valence-electron chi connectivity index (χ1n) is 5.87. The van der Waals surface area contributed by atoms with Gasteiger partial charge >= 0.3 is 0 Å². The number of nitrogens with zero attached hydrogens (tertiary/aromatic N) is 2. The van der Waals surface area contributed by atoms with Crippen LogP contribution in [0.2, 0.25) is 0 Å². The van der Waals surface area contributed by atoms with Crippen LogP contribution in [0.15, 0.2) is 18.2 Å². The van der Waals surface area contributed by atoms with E-state index < -0.39 is 0 Å². The van der Waals surface area contributed by atoms with E-state index in [1.807, 2.05) is 18.2 Å². The number of nitriles is 1. The van der Waals surface area contributed by atoms with E-state index in [9.17, 15) is 0 Å². The van der Waals surface area contributed by atoms with Crippen molar-refractivity contribution in [3.05, 3.63) is 23.8 Å². The number of nitrogens with two attached hydrogens (primary N) is 1. The summed E-state index contributed by atoms with van der Waals surface area (Å²) in [5, 5.41) is 8.98. The molecule has 0 spiro atoms. The summed E-state index contributed by atoms with van der Waals surface area (Å²) in [6, 6.07) is 9.38. The first kappa shape index (κ1) is 9.53. The molecule has 2 aliphatic heterocycles. The molecular weight excluding hydrogens is 198 g/mol. The van der Waals surface area contributed by atoms with Gasteiger partial charge in [-0.25, -0.2) is 0 Å². The van der Waals surface area contributed by atoms with E-state index in [-0.39, 0.29) is 0 Å². The highest BCUT2D eigenvalue weighted by Crippen LogP contribution is 2.41. The molecule has 1 aromatic rings. The maximum atomic E-state index is 8.98. The van der Waals surface area contributed by atoms with Crippen LogP contribution in [0.25, 0.3) is 0 Å². The Labute approximate surface area is 95.5 Å². The van der Waals surface area contributed by atoms with Crippen molar-refractivity contribution in [2.24, 2.45) is 0 Å². The molecule has 0 amide bonds. The topological polar surface area (TPSA) is 53.0 Å². The molecule has 1 aromatic carbocycles. The Morgan fingerprint density at radius 2 is 1.81 bits per heavy atom. The summed E-state index contributed by atoms with van der Waals surface area (Å²) in [6.45, 7) is 0. The van der Waals surface area contributed by atoms with Crippen LogP contribution in [0.3, 0.4) is 0 Å². The van der Waals surface area contributed by atoms with Crippen molar-refractivity contribution >= 4 is 11.4 Å². The average Bonchev–Trinajstić information content (AvgIpc) is 2.89. The summed E-state index contributed by atoms with van der Waals surface area (Å²) < 4.78 is 0. The predicted molar refractivity (Wildman–Crippen MR) is 64.1 cm³/mol. The van der Waals surface area contributed by atoms with Gasteiger partial charge in [-0.2, -0.15) is 5.26 Å². The number of rotatable bonds is 1. The third-order valence-corrected chi connectivity index (χ3v) is 3.91. The molecule has 3 nitrogen and oxygen atoms in total. The van der Waals surface area contributed by atoms with Gasteiger partial charge < -0.3 is 10.6 Å². The second-order valence-electron chi connectivity index (χ2n) is 4.75. The van der Waals surface area contributed by atoms with Crippen LogP contribution >= 0.6 is 0 Å². The Kier molecular flexibility index (Phi) is 2.03. The van der Waals surface area contributed by atoms with E-state index in [1.54, 1.807) is 0 Å². The smallest absolute Gasteiger partial charge is 0.101 e. The van der Waals surface area contributed by atoms with Gasteiger partial charge in [0.2, 0.25) is 0 Å². The average molecular weight is 213 g/mol. The molecule has 2 heterocycles. The Balaban J connectivity index is 1.99. The van der Waals surface area contributed by atoms with Gasteiger partial charge in [0.1, 0.15) is 6.07 Å². The molecule has 3 rings (SSSR count). The van der Waals surface area contributed by atoms with Crippen molar-refractivity contribution in [1.29, 1.82) is 5.26 Å². The van der Waals surface area contributed by atoms with Gasteiger partial charge in [-0.3, -0.25) is 0 Å². The van der Waals surface area contributed by atoms with Gasteiger partial charge in [0.15, 0.2) is 0 Å². The highest BCUT2D eigenvalue weighted by Gasteiger charge is 2.39. The molecular formula is C13H15N3. The minimum Gasteiger partial charge on any atom is -0.398 e. The molecule has 2 saturated heterocycles. The molecule has 2 fully saturated rings. The zero-order chi connectivity index (χ0) is 11.1. The lowest BCUT2D eigenvalue weighted by Gasteiger charge is -2.24. The molecule has 3 heteroatoms. The monoisotopic (exact) mass is 213 g/mol. The normalized spacial score (nSPS) is 27.1. The largest absolute Gasteiger partial charge is 0.398 e. The lowest BCUT2D eigenvalue weighted by molar-refractivity contribution is 0.576.